The van der Waals surface area contributed by atoms with E-state index in [-0.39, 0.29) is 10.9 Å². The van der Waals surface area contributed by atoms with Gasteiger partial charge >= 0.3 is 0 Å². The van der Waals surface area contributed by atoms with E-state index in [0.29, 0.717) is 6.04 Å². The number of benzene rings is 1. The van der Waals surface area contributed by atoms with Gasteiger partial charge in [-0.25, -0.2) is 13.1 Å². The Morgan fingerprint density at radius 1 is 1.21 bits per heavy atom. The van der Waals surface area contributed by atoms with Crippen molar-refractivity contribution < 1.29 is 8.42 Å². The van der Waals surface area contributed by atoms with Crippen LogP contribution in [0.2, 0.25) is 0 Å². The summed E-state index contributed by atoms with van der Waals surface area (Å²) in [6.45, 7) is 0. The average Bonchev–Trinajstić information content (AvgIpc) is 2.39. The maximum Gasteiger partial charge on any atom is 0.240 e. The lowest BCUT2D eigenvalue weighted by Gasteiger charge is -2.28. The van der Waals surface area contributed by atoms with Crippen LogP contribution < -0.4 is 15.8 Å². The number of rotatable bonds is 4. The van der Waals surface area contributed by atoms with Crippen LogP contribution in [0.5, 0.6) is 0 Å². The molecule has 1 aromatic carbocycles. The molecule has 1 aliphatic carbocycles. The minimum Gasteiger partial charge on any atom is -0.382 e. The highest BCUT2D eigenvalue weighted by atomic mass is 32.2. The van der Waals surface area contributed by atoms with Gasteiger partial charge in [-0.3, -0.25) is 0 Å². The second-order valence-corrected chi connectivity index (χ2v) is 6.89. The van der Waals surface area contributed by atoms with E-state index in [2.05, 4.69) is 10.0 Å². The summed E-state index contributed by atoms with van der Waals surface area (Å²) in [6.07, 6.45) is 4.32. The number of nitrogens with two attached hydrogens (primary N) is 1. The normalized spacial score (nSPS) is 24.1. The van der Waals surface area contributed by atoms with Crippen molar-refractivity contribution in [1.29, 1.82) is 0 Å². The Kier molecular flexibility index (Phi) is 4.44. The van der Waals surface area contributed by atoms with Crippen molar-refractivity contribution in [2.45, 2.75) is 42.7 Å². The molecule has 0 spiro atoms. The molecule has 0 aliphatic heterocycles. The smallest absolute Gasteiger partial charge is 0.240 e. The summed E-state index contributed by atoms with van der Waals surface area (Å²) in [5.74, 6) is 0. The number of hydrogen-bond acceptors (Lipinski definition) is 4. The molecule has 2 unspecified atom stereocenters. The summed E-state index contributed by atoms with van der Waals surface area (Å²) < 4.78 is 25.5. The van der Waals surface area contributed by atoms with Crippen molar-refractivity contribution in [3.05, 3.63) is 24.3 Å². The zero-order valence-corrected chi connectivity index (χ0v) is 11.9. The molecule has 0 aromatic heterocycles. The molecule has 106 valence electrons. The van der Waals surface area contributed by atoms with Gasteiger partial charge in [0.05, 0.1) is 4.90 Å². The lowest BCUT2D eigenvalue weighted by molar-refractivity contribution is 0.409. The van der Waals surface area contributed by atoms with Gasteiger partial charge < -0.3 is 11.1 Å². The number of nitrogens with one attached hydrogen (secondary N) is 2. The van der Waals surface area contributed by atoms with Gasteiger partial charge in [-0.1, -0.05) is 0 Å². The van der Waals surface area contributed by atoms with Crippen molar-refractivity contribution in [2.75, 3.05) is 12.4 Å². The molecule has 1 fully saturated rings. The van der Waals surface area contributed by atoms with Crippen molar-refractivity contribution in [3.63, 3.8) is 0 Å². The van der Waals surface area contributed by atoms with E-state index in [1.54, 1.807) is 24.3 Å². The minimum atomic E-state index is -3.35. The zero-order valence-electron chi connectivity index (χ0n) is 11.1. The fraction of sp³-hybridized carbons (Fsp3) is 0.538. The summed E-state index contributed by atoms with van der Waals surface area (Å²) in [4.78, 5) is 0.279. The number of sulfonamides is 1. The molecular weight excluding hydrogens is 262 g/mol. The van der Waals surface area contributed by atoms with E-state index in [4.69, 9.17) is 5.73 Å². The van der Waals surface area contributed by atoms with Crippen molar-refractivity contribution in [3.8, 4) is 0 Å². The van der Waals surface area contributed by atoms with E-state index in [1.165, 1.54) is 7.05 Å². The molecule has 2 rings (SSSR count). The molecular formula is C13H21N3O2S. The van der Waals surface area contributed by atoms with E-state index < -0.39 is 10.0 Å². The van der Waals surface area contributed by atoms with E-state index >= 15 is 0 Å². The maximum absolute atomic E-state index is 11.6. The van der Waals surface area contributed by atoms with Crippen LogP contribution in [-0.4, -0.2) is 27.5 Å². The van der Waals surface area contributed by atoms with Crippen LogP contribution in [0, 0.1) is 0 Å². The first-order valence-electron chi connectivity index (χ1n) is 6.57. The average molecular weight is 283 g/mol. The Hall–Kier alpha value is -1.11. The van der Waals surface area contributed by atoms with Crippen LogP contribution in [0.3, 0.4) is 0 Å². The second-order valence-electron chi connectivity index (χ2n) is 5.00. The zero-order chi connectivity index (χ0) is 13.9. The molecule has 4 N–H and O–H groups in total. The summed E-state index contributed by atoms with van der Waals surface area (Å²) in [7, 11) is -1.95. The van der Waals surface area contributed by atoms with Gasteiger partial charge in [0.2, 0.25) is 10.0 Å². The molecule has 6 heteroatoms. The van der Waals surface area contributed by atoms with Gasteiger partial charge in [0.1, 0.15) is 0 Å². The van der Waals surface area contributed by atoms with Crippen LogP contribution in [0.25, 0.3) is 0 Å². The third kappa shape index (κ3) is 3.68. The quantitative estimate of drug-likeness (QED) is 0.777. The summed E-state index contributed by atoms with van der Waals surface area (Å²) in [5, 5.41) is 3.41. The van der Waals surface area contributed by atoms with Gasteiger partial charge in [0.25, 0.3) is 0 Å². The Morgan fingerprint density at radius 3 is 2.47 bits per heavy atom. The minimum absolute atomic E-state index is 0.273. The fourth-order valence-corrected chi connectivity index (χ4v) is 3.17. The van der Waals surface area contributed by atoms with Crippen molar-refractivity contribution in [2.24, 2.45) is 5.73 Å². The van der Waals surface area contributed by atoms with E-state index in [9.17, 15) is 8.42 Å². The van der Waals surface area contributed by atoms with Gasteiger partial charge in [0.15, 0.2) is 0 Å². The molecule has 0 saturated heterocycles. The van der Waals surface area contributed by atoms with Crippen LogP contribution in [0.1, 0.15) is 25.7 Å². The Balaban J connectivity index is 2.03. The highest BCUT2D eigenvalue weighted by Crippen LogP contribution is 2.22. The van der Waals surface area contributed by atoms with Gasteiger partial charge in [-0.05, 0) is 57.0 Å². The number of hydrogen-bond donors (Lipinski definition) is 3. The monoisotopic (exact) mass is 283 g/mol. The molecule has 5 nitrogen and oxygen atoms in total. The molecule has 1 aliphatic rings. The SMILES string of the molecule is CNS(=O)(=O)c1ccc(NC2CCCC(N)C2)cc1. The lowest BCUT2D eigenvalue weighted by Crippen LogP contribution is -2.34. The molecule has 2 atom stereocenters. The first kappa shape index (κ1) is 14.3. The van der Waals surface area contributed by atoms with Crippen LogP contribution in [0.4, 0.5) is 5.69 Å². The second kappa shape index (κ2) is 5.90. The topological polar surface area (TPSA) is 84.2 Å². The predicted molar refractivity (Wildman–Crippen MR) is 76.5 cm³/mol. The fourth-order valence-electron chi connectivity index (χ4n) is 2.44. The van der Waals surface area contributed by atoms with Crippen LogP contribution >= 0.6 is 0 Å². The highest BCUT2D eigenvalue weighted by Gasteiger charge is 2.19. The van der Waals surface area contributed by atoms with Crippen LogP contribution in [0.15, 0.2) is 29.2 Å². The molecule has 0 amide bonds. The first-order chi connectivity index (χ1) is 9.01. The third-order valence-electron chi connectivity index (χ3n) is 3.52. The van der Waals surface area contributed by atoms with Gasteiger partial charge in [-0.2, -0.15) is 0 Å². The van der Waals surface area contributed by atoms with E-state index in [1.807, 2.05) is 0 Å². The largest absolute Gasteiger partial charge is 0.382 e. The summed E-state index contributed by atoms with van der Waals surface area (Å²) in [5.41, 5.74) is 6.89. The maximum atomic E-state index is 11.6. The third-order valence-corrected chi connectivity index (χ3v) is 4.95. The van der Waals surface area contributed by atoms with E-state index in [0.717, 1.165) is 31.4 Å². The van der Waals surface area contributed by atoms with Gasteiger partial charge in [-0.15, -0.1) is 0 Å². The van der Waals surface area contributed by atoms with Crippen LogP contribution in [-0.2, 0) is 10.0 Å². The molecule has 1 saturated carbocycles. The van der Waals surface area contributed by atoms with Gasteiger partial charge in [0, 0.05) is 17.8 Å². The Morgan fingerprint density at radius 2 is 1.89 bits per heavy atom. The molecule has 0 radical (unpaired) electrons. The Bertz CT molecular complexity index is 513. The van der Waals surface area contributed by atoms with Crippen molar-refractivity contribution >= 4 is 15.7 Å². The molecule has 0 bridgehead atoms. The standard InChI is InChI=1S/C13H21N3O2S/c1-15-19(17,18)13-7-5-11(6-8-13)16-12-4-2-3-10(14)9-12/h5-8,10,12,15-16H,2-4,9,14H2,1H3. The predicted octanol–water partition coefficient (Wildman–Crippen LogP) is 1.28. The first-order valence-corrected chi connectivity index (χ1v) is 8.05. The molecule has 1 aromatic rings. The Labute approximate surface area is 114 Å². The highest BCUT2D eigenvalue weighted by molar-refractivity contribution is 7.89. The molecule has 19 heavy (non-hydrogen) atoms. The number of anilines is 1. The summed E-state index contributed by atoms with van der Waals surface area (Å²) in [6, 6.07) is 7.47. The lowest BCUT2D eigenvalue weighted by atomic mass is 9.91. The van der Waals surface area contributed by atoms with Crippen molar-refractivity contribution in [1.82, 2.24) is 4.72 Å². The summed E-state index contributed by atoms with van der Waals surface area (Å²) >= 11 is 0. The molecule has 0 heterocycles.